The fraction of sp³-hybridized carbons (Fsp3) is 0.600. The molecule has 106 valence electrons. The Kier molecular flexibility index (Phi) is 5.61. The van der Waals surface area contributed by atoms with Crippen molar-refractivity contribution in [3.63, 3.8) is 0 Å². The summed E-state index contributed by atoms with van der Waals surface area (Å²) in [7, 11) is 0. The molecular weight excluding hydrogens is 265 g/mol. The number of rotatable bonds is 6. The molecule has 4 heteroatoms. The predicted molar refractivity (Wildman–Crippen MR) is 76.2 cm³/mol. The molecule has 1 N–H and O–H groups in total. The van der Waals surface area contributed by atoms with Crippen molar-refractivity contribution in [3.05, 3.63) is 34.6 Å². The maximum Gasteiger partial charge on any atom is 0.127 e. The molecule has 1 aliphatic heterocycles. The Morgan fingerprint density at radius 3 is 3.00 bits per heavy atom. The summed E-state index contributed by atoms with van der Waals surface area (Å²) in [6.45, 7) is 3.81. The van der Waals surface area contributed by atoms with Crippen LogP contribution in [0.4, 0.5) is 4.39 Å². The van der Waals surface area contributed by atoms with Crippen LogP contribution in [0.15, 0.2) is 18.2 Å². The first-order valence-corrected chi connectivity index (χ1v) is 7.35. The van der Waals surface area contributed by atoms with Gasteiger partial charge in [-0.1, -0.05) is 24.6 Å². The van der Waals surface area contributed by atoms with Crippen LogP contribution in [-0.2, 0) is 11.2 Å². The van der Waals surface area contributed by atoms with E-state index in [1.54, 1.807) is 12.1 Å². The highest BCUT2D eigenvalue weighted by Gasteiger charge is 2.21. The van der Waals surface area contributed by atoms with Crippen molar-refractivity contribution in [2.75, 3.05) is 13.2 Å². The van der Waals surface area contributed by atoms with Crippen molar-refractivity contribution in [3.8, 4) is 0 Å². The van der Waals surface area contributed by atoms with Gasteiger partial charge in [0.2, 0.25) is 0 Å². The van der Waals surface area contributed by atoms with E-state index in [-0.39, 0.29) is 11.9 Å². The molecule has 0 aliphatic carbocycles. The van der Waals surface area contributed by atoms with Gasteiger partial charge in [-0.25, -0.2) is 4.39 Å². The largest absolute Gasteiger partial charge is 0.378 e. The molecule has 1 saturated heterocycles. The van der Waals surface area contributed by atoms with E-state index in [1.165, 1.54) is 6.07 Å². The fourth-order valence-electron chi connectivity index (χ4n) is 2.63. The van der Waals surface area contributed by atoms with Crippen LogP contribution >= 0.6 is 11.6 Å². The second kappa shape index (κ2) is 7.22. The van der Waals surface area contributed by atoms with Gasteiger partial charge in [0.05, 0.1) is 6.10 Å². The summed E-state index contributed by atoms with van der Waals surface area (Å²) in [6, 6.07) is 5.15. The Hall–Kier alpha value is -0.640. The lowest BCUT2D eigenvalue weighted by Gasteiger charge is -2.21. The van der Waals surface area contributed by atoms with Crippen LogP contribution in [-0.4, -0.2) is 25.3 Å². The minimum absolute atomic E-state index is 0.220. The third-order valence-corrected chi connectivity index (χ3v) is 3.78. The van der Waals surface area contributed by atoms with Gasteiger partial charge in [-0.3, -0.25) is 0 Å². The molecule has 2 atom stereocenters. The van der Waals surface area contributed by atoms with Gasteiger partial charge in [0, 0.05) is 17.7 Å². The number of hydrogen-bond donors (Lipinski definition) is 1. The predicted octanol–water partition coefficient (Wildman–Crippen LogP) is 3.57. The van der Waals surface area contributed by atoms with Gasteiger partial charge in [0.1, 0.15) is 5.82 Å². The molecule has 19 heavy (non-hydrogen) atoms. The van der Waals surface area contributed by atoms with Gasteiger partial charge in [-0.2, -0.15) is 0 Å². The lowest BCUT2D eigenvalue weighted by Crippen LogP contribution is -2.34. The number of nitrogens with one attached hydrogen (secondary N) is 1. The first kappa shape index (κ1) is 14.8. The Morgan fingerprint density at radius 1 is 1.53 bits per heavy atom. The maximum absolute atomic E-state index is 13.8. The second-order valence-electron chi connectivity index (χ2n) is 5.07. The number of hydrogen-bond acceptors (Lipinski definition) is 2. The lowest BCUT2D eigenvalue weighted by molar-refractivity contribution is 0.0947. The summed E-state index contributed by atoms with van der Waals surface area (Å²) in [5.74, 6) is -0.220. The monoisotopic (exact) mass is 285 g/mol. The molecule has 2 nitrogen and oxygen atoms in total. The molecule has 0 saturated carbocycles. The molecule has 0 radical (unpaired) electrons. The van der Waals surface area contributed by atoms with Crippen LogP contribution in [0.3, 0.4) is 0 Å². The first-order valence-electron chi connectivity index (χ1n) is 6.98. The molecule has 0 amide bonds. The van der Waals surface area contributed by atoms with Crippen LogP contribution in [0, 0.1) is 5.82 Å². The maximum atomic E-state index is 13.8. The molecule has 2 rings (SSSR count). The van der Waals surface area contributed by atoms with Gasteiger partial charge in [0.25, 0.3) is 0 Å². The minimum Gasteiger partial charge on any atom is -0.378 e. The molecule has 1 aromatic carbocycles. The van der Waals surface area contributed by atoms with Gasteiger partial charge < -0.3 is 10.1 Å². The smallest absolute Gasteiger partial charge is 0.127 e. The van der Waals surface area contributed by atoms with Crippen molar-refractivity contribution in [2.45, 2.75) is 44.8 Å². The van der Waals surface area contributed by atoms with Crippen LogP contribution in [0.2, 0.25) is 5.02 Å². The summed E-state index contributed by atoms with van der Waals surface area (Å²) in [4.78, 5) is 0. The molecule has 1 fully saturated rings. The van der Waals surface area contributed by atoms with Crippen LogP contribution in [0.5, 0.6) is 0 Å². The van der Waals surface area contributed by atoms with Crippen LogP contribution in [0.25, 0.3) is 0 Å². The van der Waals surface area contributed by atoms with E-state index in [0.717, 1.165) is 32.4 Å². The molecule has 0 aromatic heterocycles. The zero-order chi connectivity index (χ0) is 13.7. The number of halogens is 2. The number of benzene rings is 1. The van der Waals surface area contributed by atoms with E-state index in [9.17, 15) is 4.39 Å². The summed E-state index contributed by atoms with van der Waals surface area (Å²) in [6.07, 6.45) is 4.19. The second-order valence-corrected chi connectivity index (χ2v) is 5.50. The SMILES string of the molecule is CCNC(Cc1ccc(Cl)cc1F)CC1CCCO1. The van der Waals surface area contributed by atoms with Gasteiger partial charge in [-0.05, 0) is 49.9 Å². The minimum atomic E-state index is -0.220. The van der Waals surface area contributed by atoms with E-state index in [1.807, 2.05) is 0 Å². The average Bonchev–Trinajstić information content (AvgIpc) is 2.86. The van der Waals surface area contributed by atoms with Crippen molar-refractivity contribution < 1.29 is 9.13 Å². The third-order valence-electron chi connectivity index (χ3n) is 3.55. The molecule has 0 spiro atoms. The highest BCUT2D eigenvalue weighted by atomic mass is 35.5. The summed E-state index contributed by atoms with van der Waals surface area (Å²) >= 11 is 5.78. The van der Waals surface area contributed by atoms with Gasteiger partial charge in [-0.15, -0.1) is 0 Å². The van der Waals surface area contributed by atoms with Crippen molar-refractivity contribution >= 4 is 11.6 Å². The quantitative estimate of drug-likeness (QED) is 0.863. The van der Waals surface area contributed by atoms with Crippen molar-refractivity contribution in [1.29, 1.82) is 0 Å². The Balaban J connectivity index is 1.98. The highest BCUT2D eigenvalue weighted by Crippen LogP contribution is 2.21. The molecular formula is C15H21ClFNO. The van der Waals surface area contributed by atoms with E-state index in [0.29, 0.717) is 23.1 Å². The van der Waals surface area contributed by atoms with E-state index in [2.05, 4.69) is 12.2 Å². The summed E-state index contributed by atoms with van der Waals surface area (Å²) in [5.41, 5.74) is 0.716. The summed E-state index contributed by atoms with van der Waals surface area (Å²) in [5, 5.41) is 3.86. The molecule has 1 aliphatic rings. The zero-order valence-electron chi connectivity index (χ0n) is 11.3. The Labute approximate surface area is 119 Å². The zero-order valence-corrected chi connectivity index (χ0v) is 12.0. The van der Waals surface area contributed by atoms with Crippen molar-refractivity contribution in [2.24, 2.45) is 0 Å². The molecule has 2 unspecified atom stereocenters. The summed E-state index contributed by atoms with van der Waals surface area (Å²) < 4.78 is 19.5. The Bertz CT molecular complexity index is 407. The first-order chi connectivity index (χ1) is 9.19. The van der Waals surface area contributed by atoms with Crippen molar-refractivity contribution in [1.82, 2.24) is 5.32 Å². The topological polar surface area (TPSA) is 21.3 Å². The standard InChI is InChI=1S/C15H21ClFNO/c1-2-18-13(10-14-4-3-7-19-14)8-11-5-6-12(16)9-15(11)17/h5-6,9,13-14,18H,2-4,7-8,10H2,1H3. The highest BCUT2D eigenvalue weighted by molar-refractivity contribution is 6.30. The Morgan fingerprint density at radius 2 is 2.37 bits per heavy atom. The number of ether oxygens (including phenoxy) is 1. The van der Waals surface area contributed by atoms with Gasteiger partial charge in [0.15, 0.2) is 0 Å². The van der Waals surface area contributed by atoms with Crippen LogP contribution < -0.4 is 5.32 Å². The third kappa shape index (κ3) is 4.44. The number of likely N-dealkylation sites (N-methyl/N-ethyl adjacent to an activating group) is 1. The average molecular weight is 286 g/mol. The van der Waals surface area contributed by atoms with E-state index >= 15 is 0 Å². The lowest BCUT2D eigenvalue weighted by atomic mass is 9.99. The molecule has 1 heterocycles. The normalized spacial score (nSPS) is 20.7. The molecule has 1 aromatic rings. The van der Waals surface area contributed by atoms with Crippen LogP contribution in [0.1, 0.15) is 31.7 Å². The van der Waals surface area contributed by atoms with E-state index < -0.39 is 0 Å². The fourth-order valence-corrected chi connectivity index (χ4v) is 2.79. The van der Waals surface area contributed by atoms with E-state index in [4.69, 9.17) is 16.3 Å². The molecule has 0 bridgehead atoms. The van der Waals surface area contributed by atoms with Gasteiger partial charge >= 0.3 is 0 Å².